The largest absolute Gasteiger partial charge is 0.496 e. The second kappa shape index (κ2) is 3.81. The van der Waals surface area contributed by atoms with Crippen LogP contribution in [0.4, 0.5) is 5.69 Å². The SMILES string of the molecule is CCc1c(N)ccc2c(OC)cccc12. The molecule has 0 heterocycles. The predicted molar refractivity (Wildman–Crippen MR) is 64.3 cm³/mol. The minimum absolute atomic E-state index is 0.859. The van der Waals surface area contributed by atoms with E-state index in [0.717, 1.165) is 23.2 Å². The molecule has 15 heavy (non-hydrogen) atoms. The van der Waals surface area contributed by atoms with E-state index in [1.165, 1.54) is 10.9 Å². The molecule has 0 aromatic heterocycles. The number of ether oxygens (including phenoxy) is 1. The van der Waals surface area contributed by atoms with Crippen LogP contribution in [0.15, 0.2) is 30.3 Å². The van der Waals surface area contributed by atoms with E-state index >= 15 is 0 Å². The Balaban J connectivity index is 2.82. The molecular formula is C13H15NO. The Kier molecular flexibility index (Phi) is 2.50. The molecule has 0 saturated heterocycles. The van der Waals surface area contributed by atoms with Crippen molar-refractivity contribution >= 4 is 16.5 Å². The highest BCUT2D eigenvalue weighted by atomic mass is 16.5. The molecule has 2 nitrogen and oxygen atoms in total. The lowest BCUT2D eigenvalue weighted by molar-refractivity contribution is 0.420. The molecule has 0 fully saturated rings. The van der Waals surface area contributed by atoms with Crippen molar-refractivity contribution in [2.45, 2.75) is 13.3 Å². The van der Waals surface area contributed by atoms with Gasteiger partial charge in [0, 0.05) is 11.1 Å². The molecule has 0 bridgehead atoms. The maximum atomic E-state index is 5.95. The second-order valence-electron chi connectivity index (χ2n) is 3.54. The van der Waals surface area contributed by atoms with Gasteiger partial charge in [-0.2, -0.15) is 0 Å². The van der Waals surface area contributed by atoms with Gasteiger partial charge in [-0.05, 0) is 35.6 Å². The van der Waals surface area contributed by atoms with Crippen LogP contribution in [0, 0.1) is 0 Å². The number of benzene rings is 2. The molecule has 0 atom stereocenters. The zero-order valence-corrected chi connectivity index (χ0v) is 9.08. The quantitative estimate of drug-likeness (QED) is 0.758. The van der Waals surface area contributed by atoms with Gasteiger partial charge in [-0.1, -0.05) is 19.1 Å². The van der Waals surface area contributed by atoms with E-state index in [2.05, 4.69) is 13.0 Å². The Hall–Kier alpha value is -1.70. The third kappa shape index (κ3) is 1.52. The van der Waals surface area contributed by atoms with Crippen molar-refractivity contribution in [2.75, 3.05) is 12.8 Å². The van der Waals surface area contributed by atoms with Crippen LogP contribution in [0.5, 0.6) is 5.75 Å². The summed E-state index contributed by atoms with van der Waals surface area (Å²) in [6.45, 7) is 2.12. The maximum absolute atomic E-state index is 5.95. The molecule has 0 aliphatic heterocycles. The highest BCUT2D eigenvalue weighted by Gasteiger charge is 2.06. The first-order valence-corrected chi connectivity index (χ1v) is 5.12. The van der Waals surface area contributed by atoms with Crippen LogP contribution in [0.2, 0.25) is 0 Å². The zero-order valence-electron chi connectivity index (χ0n) is 9.08. The van der Waals surface area contributed by atoms with Crippen LogP contribution in [0.25, 0.3) is 10.8 Å². The van der Waals surface area contributed by atoms with Crippen LogP contribution < -0.4 is 10.5 Å². The molecule has 0 radical (unpaired) electrons. The van der Waals surface area contributed by atoms with Crippen molar-refractivity contribution in [3.8, 4) is 5.75 Å². The van der Waals surface area contributed by atoms with E-state index in [1.54, 1.807) is 7.11 Å². The molecule has 0 amide bonds. The Morgan fingerprint density at radius 3 is 2.60 bits per heavy atom. The van der Waals surface area contributed by atoms with Gasteiger partial charge < -0.3 is 10.5 Å². The number of aryl methyl sites for hydroxylation is 1. The number of rotatable bonds is 2. The van der Waals surface area contributed by atoms with Gasteiger partial charge in [0.2, 0.25) is 0 Å². The summed E-state index contributed by atoms with van der Waals surface area (Å²) in [5.74, 6) is 0.905. The minimum atomic E-state index is 0.859. The van der Waals surface area contributed by atoms with Gasteiger partial charge in [0.15, 0.2) is 0 Å². The lowest BCUT2D eigenvalue weighted by atomic mass is 10.0. The first-order valence-electron chi connectivity index (χ1n) is 5.12. The monoisotopic (exact) mass is 201 g/mol. The summed E-state index contributed by atoms with van der Waals surface area (Å²) in [6, 6.07) is 10.0. The first kappa shape index (κ1) is 9.84. The Bertz CT molecular complexity index is 491. The second-order valence-corrected chi connectivity index (χ2v) is 3.54. The number of methoxy groups -OCH3 is 1. The van der Waals surface area contributed by atoms with Crippen LogP contribution in [-0.4, -0.2) is 7.11 Å². The van der Waals surface area contributed by atoms with Crippen LogP contribution in [-0.2, 0) is 6.42 Å². The van der Waals surface area contributed by atoms with Gasteiger partial charge in [-0.15, -0.1) is 0 Å². The minimum Gasteiger partial charge on any atom is -0.496 e. The molecule has 78 valence electrons. The van der Waals surface area contributed by atoms with E-state index in [-0.39, 0.29) is 0 Å². The number of fused-ring (bicyclic) bond motifs is 1. The smallest absolute Gasteiger partial charge is 0.126 e. The number of hydrogen-bond acceptors (Lipinski definition) is 2. The molecule has 0 saturated carbocycles. The van der Waals surface area contributed by atoms with Crippen LogP contribution in [0.3, 0.4) is 0 Å². The average Bonchev–Trinajstić information content (AvgIpc) is 2.28. The normalized spacial score (nSPS) is 10.5. The third-order valence-corrected chi connectivity index (χ3v) is 2.74. The molecular weight excluding hydrogens is 186 g/mol. The third-order valence-electron chi connectivity index (χ3n) is 2.74. The highest BCUT2D eigenvalue weighted by molar-refractivity contribution is 5.94. The standard InChI is InChI=1S/C13H15NO/c1-3-9-10-5-4-6-13(15-2)11(10)7-8-12(9)14/h4-8H,3,14H2,1-2H3. The van der Waals surface area contributed by atoms with Gasteiger partial charge in [0.25, 0.3) is 0 Å². The number of anilines is 1. The van der Waals surface area contributed by atoms with Gasteiger partial charge in [0.1, 0.15) is 5.75 Å². The van der Waals surface area contributed by atoms with Gasteiger partial charge in [-0.25, -0.2) is 0 Å². The Labute approximate surface area is 89.7 Å². The summed E-state index contributed by atoms with van der Waals surface area (Å²) >= 11 is 0. The molecule has 0 spiro atoms. The molecule has 2 heteroatoms. The molecule has 2 aromatic rings. The van der Waals surface area contributed by atoms with Crippen molar-refractivity contribution in [1.82, 2.24) is 0 Å². The van der Waals surface area contributed by atoms with E-state index in [9.17, 15) is 0 Å². The number of nitrogen functional groups attached to an aromatic ring is 1. The average molecular weight is 201 g/mol. The fourth-order valence-electron chi connectivity index (χ4n) is 1.98. The Morgan fingerprint density at radius 1 is 1.13 bits per heavy atom. The lowest BCUT2D eigenvalue weighted by Crippen LogP contribution is -1.95. The number of nitrogens with two attached hydrogens (primary N) is 1. The van der Waals surface area contributed by atoms with Gasteiger partial charge in [-0.3, -0.25) is 0 Å². The van der Waals surface area contributed by atoms with Crippen LogP contribution >= 0.6 is 0 Å². The summed E-state index contributed by atoms with van der Waals surface area (Å²) in [7, 11) is 1.69. The van der Waals surface area contributed by atoms with Crippen molar-refractivity contribution in [3.63, 3.8) is 0 Å². The molecule has 2 N–H and O–H groups in total. The molecule has 0 aliphatic carbocycles. The fourth-order valence-corrected chi connectivity index (χ4v) is 1.98. The summed E-state index contributed by atoms with van der Waals surface area (Å²) in [4.78, 5) is 0. The molecule has 2 aromatic carbocycles. The van der Waals surface area contributed by atoms with E-state index in [4.69, 9.17) is 10.5 Å². The highest BCUT2D eigenvalue weighted by Crippen LogP contribution is 2.31. The summed E-state index contributed by atoms with van der Waals surface area (Å²) in [5, 5.41) is 2.32. The topological polar surface area (TPSA) is 35.2 Å². The maximum Gasteiger partial charge on any atom is 0.126 e. The van der Waals surface area contributed by atoms with Crippen molar-refractivity contribution in [1.29, 1.82) is 0 Å². The van der Waals surface area contributed by atoms with E-state index in [1.807, 2.05) is 24.3 Å². The van der Waals surface area contributed by atoms with Crippen molar-refractivity contribution in [2.24, 2.45) is 0 Å². The van der Waals surface area contributed by atoms with Gasteiger partial charge in [0.05, 0.1) is 7.11 Å². The number of hydrogen-bond donors (Lipinski definition) is 1. The van der Waals surface area contributed by atoms with Crippen molar-refractivity contribution in [3.05, 3.63) is 35.9 Å². The molecule has 2 rings (SSSR count). The first-order chi connectivity index (χ1) is 7.27. The van der Waals surface area contributed by atoms with E-state index in [0.29, 0.717) is 0 Å². The fraction of sp³-hybridized carbons (Fsp3) is 0.231. The lowest BCUT2D eigenvalue weighted by Gasteiger charge is -2.10. The molecule has 0 unspecified atom stereocenters. The predicted octanol–water partition coefficient (Wildman–Crippen LogP) is 2.99. The summed E-state index contributed by atoms with van der Waals surface area (Å²) in [5.41, 5.74) is 8.01. The van der Waals surface area contributed by atoms with Gasteiger partial charge >= 0.3 is 0 Å². The summed E-state index contributed by atoms with van der Waals surface area (Å²) in [6.07, 6.45) is 0.941. The summed E-state index contributed by atoms with van der Waals surface area (Å²) < 4.78 is 5.33. The van der Waals surface area contributed by atoms with Crippen LogP contribution in [0.1, 0.15) is 12.5 Å². The zero-order chi connectivity index (χ0) is 10.8. The van der Waals surface area contributed by atoms with Crippen molar-refractivity contribution < 1.29 is 4.74 Å². The Morgan fingerprint density at radius 2 is 1.93 bits per heavy atom. The molecule has 0 aliphatic rings. The van der Waals surface area contributed by atoms with E-state index < -0.39 is 0 Å².